The van der Waals surface area contributed by atoms with Crippen LogP contribution in [0.15, 0.2) is 58.2 Å². The fourth-order valence-electron chi connectivity index (χ4n) is 2.02. The number of nitro groups is 1. The van der Waals surface area contributed by atoms with Gasteiger partial charge in [0.25, 0.3) is 16.8 Å². The van der Waals surface area contributed by atoms with Gasteiger partial charge in [-0.25, -0.2) is 0 Å². The quantitative estimate of drug-likeness (QED) is 0.383. The summed E-state index contributed by atoms with van der Waals surface area (Å²) in [5, 5.41) is 30.8. The van der Waals surface area contributed by atoms with Crippen LogP contribution in [0.3, 0.4) is 0 Å². The van der Waals surface area contributed by atoms with Crippen LogP contribution in [0.4, 0.5) is 11.4 Å². The van der Waals surface area contributed by atoms with Crippen LogP contribution in [0, 0.1) is 10.1 Å². The van der Waals surface area contributed by atoms with Crippen molar-refractivity contribution < 1.29 is 19.2 Å². The number of anilines is 1. The van der Waals surface area contributed by atoms with E-state index in [4.69, 9.17) is 4.42 Å². The highest BCUT2D eigenvalue weighted by atomic mass is 32.2. The van der Waals surface area contributed by atoms with Crippen molar-refractivity contribution in [3.8, 4) is 17.2 Å². The lowest BCUT2D eigenvalue weighted by atomic mass is 10.2. The molecule has 3 rings (SSSR count). The number of nitrogens with one attached hydrogen (secondary N) is 1. The Morgan fingerprint density at radius 3 is 2.62 bits per heavy atom. The zero-order valence-corrected chi connectivity index (χ0v) is 14.0. The fraction of sp³-hybridized carbons (Fsp3) is 0.0625. The Bertz CT molecular complexity index is 942. The van der Waals surface area contributed by atoms with Gasteiger partial charge in [-0.1, -0.05) is 23.9 Å². The molecular weight excluding hydrogens is 360 g/mol. The van der Waals surface area contributed by atoms with Crippen molar-refractivity contribution >= 4 is 29.0 Å². The summed E-state index contributed by atoms with van der Waals surface area (Å²) in [6.07, 6.45) is 0. The number of phenols is 1. The first-order valence-corrected chi connectivity index (χ1v) is 8.30. The van der Waals surface area contributed by atoms with Crippen molar-refractivity contribution in [1.29, 1.82) is 0 Å². The van der Waals surface area contributed by atoms with Gasteiger partial charge in [0.15, 0.2) is 0 Å². The third-order valence-corrected chi connectivity index (χ3v) is 4.05. The number of hydrogen-bond donors (Lipinski definition) is 2. The van der Waals surface area contributed by atoms with E-state index in [9.17, 15) is 20.0 Å². The van der Waals surface area contributed by atoms with Crippen LogP contribution >= 0.6 is 11.8 Å². The van der Waals surface area contributed by atoms with E-state index < -0.39 is 4.92 Å². The molecule has 0 aliphatic heterocycles. The summed E-state index contributed by atoms with van der Waals surface area (Å²) in [7, 11) is 0. The van der Waals surface area contributed by atoms with E-state index >= 15 is 0 Å². The average Bonchev–Trinajstić information content (AvgIpc) is 3.09. The van der Waals surface area contributed by atoms with Crippen molar-refractivity contribution in [3.63, 3.8) is 0 Å². The fourth-order valence-corrected chi connectivity index (χ4v) is 2.59. The van der Waals surface area contributed by atoms with Crippen molar-refractivity contribution in [2.24, 2.45) is 0 Å². The molecule has 0 aliphatic rings. The standard InChI is InChI=1S/C16H12N4O5S/c21-13-4-2-1-3-12(13)15-18-19-16(25-15)26-9-14(22)17-10-5-7-11(8-6-10)20(23)24/h1-8,21H,9H2,(H,17,22). The number of phenolic OH excluding ortho intramolecular Hbond substituents is 1. The second-order valence-electron chi connectivity index (χ2n) is 5.03. The van der Waals surface area contributed by atoms with E-state index in [0.717, 1.165) is 11.8 Å². The number of nitrogens with zero attached hydrogens (tertiary/aromatic N) is 3. The normalized spacial score (nSPS) is 10.5. The molecule has 26 heavy (non-hydrogen) atoms. The van der Waals surface area contributed by atoms with Gasteiger partial charge in [0.1, 0.15) is 5.75 Å². The number of non-ortho nitro benzene ring substituents is 1. The Morgan fingerprint density at radius 1 is 1.19 bits per heavy atom. The number of benzene rings is 2. The van der Waals surface area contributed by atoms with E-state index in [1.54, 1.807) is 18.2 Å². The molecular formula is C16H12N4O5S. The van der Waals surface area contributed by atoms with E-state index in [1.807, 2.05) is 0 Å². The van der Waals surface area contributed by atoms with E-state index in [-0.39, 0.29) is 34.2 Å². The topological polar surface area (TPSA) is 131 Å². The zero-order valence-electron chi connectivity index (χ0n) is 13.2. The second kappa shape index (κ2) is 7.66. The van der Waals surface area contributed by atoms with Gasteiger partial charge in [0.05, 0.1) is 16.2 Å². The van der Waals surface area contributed by atoms with Gasteiger partial charge in [0.2, 0.25) is 5.91 Å². The van der Waals surface area contributed by atoms with Crippen molar-refractivity contribution in [3.05, 3.63) is 58.6 Å². The van der Waals surface area contributed by atoms with Crippen LogP contribution in [0.2, 0.25) is 0 Å². The van der Waals surface area contributed by atoms with Gasteiger partial charge in [-0.2, -0.15) is 0 Å². The van der Waals surface area contributed by atoms with E-state index in [0.29, 0.717) is 11.3 Å². The van der Waals surface area contributed by atoms with Crippen LogP contribution in [-0.2, 0) is 4.79 Å². The highest BCUT2D eigenvalue weighted by molar-refractivity contribution is 7.99. The van der Waals surface area contributed by atoms with E-state index in [1.165, 1.54) is 30.3 Å². The summed E-state index contributed by atoms with van der Waals surface area (Å²) >= 11 is 1.03. The molecule has 0 unspecified atom stereocenters. The molecule has 1 amide bonds. The first-order valence-electron chi connectivity index (χ1n) is 7.32. The number of carbonyl (C=O) groups is 1. The molecule has 0 atom stereocenters. The minimum absolute atomic E-state index is 0.0133. The van der Waals surface area contributed by atoms with Gasteiger partial charge in [-0.3, -0.25) is 14.9 Å². The predicted molar refractivity (Wildman–Crippen MR) is 93.8 cm³/mol. The summed E-state index contributed by atoms with van der Waals surface area (Å²) in [5.74, 6) is -0.143. The molecule has 0 saturated carbocycles. The molecule has 1 aromatic heterocycles. The third kappa shape index (κ3) is 4.16. The molecule has 0 bridgehead atoms. The number of nitro benzene ring substituents is 1. The number of aromatic nitrogens is 2. The lowest BCUT2D eigenvalue weighted by Crippen LogP contribution is -2.13. The number of rotatable bonds is 6. The monoisotopic (exact) mass is 372 g/mol. The van der Waals surface area contributed by atoms with Crippen molar-refractivity contribution in [2.75, 3.05) is 11.1 Å². The summed E-state index contributed by atoms with van der Waals surface area (Å²) in [6, 6.07) is 12.0. The lowest BCUT2D eigenvalue weighted by Gasteiger charge is -2.03. The van der Waals surface area contributed by atoms with Crippen molar-refractivity contribution in [1.82, 2.24) is 10.2 Å². The molecule has 0 aliphatic carbocycles. The number of hydrogen-bond acceptors (Lipinski definition) is 8. The van der Waals surface area contributed by atoms with Gasteiger partial charge in [0, 0.05) is 17.8 Å². The van der Waals surface area contributed by atoms with Gasteiger partial charge < -0.3 is 14.8 Å². The number of carbonyl (C=O) groups excluding carboxylic acids is 1. The summed E-state index contributed by atoms with van der Waals surface area (Å²) in [5.41, 5.74) is 0.795. The number of amides is 1. The van der Waals surface area contributed by atoms with Crippen LogP contribution in [0.5, 0.6) is 5.75 Å². The average molecular weight is 372 g/mol. The van der Waals surface area contributed by atoms with Crippen LogP contribution in [0.25, 0.3) is 11.5 Å². The molecule has 3 aromatic rings. The third-order valence-electron chi connectivity index (χ3n) is 3.23. The molecule has 9 nitrogen and oxygen atoms in total. The minimum Gasteiger partial charge on any atom is -0.507 e. The van der Waals surface area contributed by atoms with Gasteiger partial charge in [-0.15, -0.1) is 10.2 Å². The maximum atomic E-state index is 11.9. The molecule has 10 heteroatoms. The summed E-state index contributed by atoms with van der Waals surface area (Å²) in [4.78, 5) is 22.0. The smallest absolute Gasteiger partial charge is 0.277 e. The number of thioether (sulfide) groups is 1. The Hall–Kier alpha value is -3.40. The minimum atomic E-state index is -0.515. The Labute approximate surface area is 151 Å². The highest BCUT2D eigenvalue weighted by Gasteiger charge is 2.14. The Balaban J connectivity index is 1.56. The summed E-state index contributed by atoms with van der Waals surface area (Å²) < 4.78 is 5.42. The number of aromatic hydroxyl groups is 1. The first-order chi connectivity index (χ1) is 12.5. The van der Waals surface area contributed by atoms with Crippen LogP contribution in [-0.4, -0.2) is 31.9 Å². The van der Waals surface area contributed by atoms with Crippen LogP contribution < -0.4 is 5.32 Å². The van der Waals surface area contributed by atoms with E-state index in [2.05, 4.69) is 15.5 Å². The predicted octanol–water partition coefficient (Wildman–Crippen LogP) is 3.08. The Kier molecular flexibility index (Phi) is 5.13. The molecule has 2 aromatic carbocycles. The Morgan fingerprint density at radius 2 is 1.92 bits per heavy atom. The first kappa shape index (κ1) is 17.4. The van der Waals surface area contributed by atoms with Gasteiger partial charge >= 0.3 is 0 Å². The largest absolute Gasteiger partial charge is 0.507 e. The molecule has 2 N–H and O–H groups in total. The second-order valence-corrected chi connectivity index (χ2v) is 5.96. The number of para-hydroxylation sites is 1. The molecule has 0 saturated heterocycles. The van der Waals surface area contributed by atoms with Crippen molar-refractivity contribution in [2.45, 2.75) is 5.22 Å². The molecule has 0 radical (unpaired) electrons. The maximum absolute atomic E-state index is 11.9. The van der Waals surface area contributed by atoms with Crippen LogP contribution in [0.1, 0.15) is 0 Å². The highest BCUT2D eigenvalue weighted by Crippen LogP contribution is 2.29. The summed E-state index contributed by atoms with van der Waals surface area (Å²) in [6.45, 7) is 0. The molecule has 0 spiro atoms. The molecule has 0 fully saturated rings. The maximum Gasteiger partial charge on any atom is 0.277 e. The SMILES string of the molecule is O=C(CSc1nnc(-c2ccccc2O)o1)Nc1ccc([N+](=O)[O-])cc1. The molecule has 132 valence electrons. The van der Waals surface area contributed by atoms with Gasteiger partial charge in [-0.05, 0) is 24.3 Å². The molecule has 1 heterocycles. The zero-order chi connectivity index (χ0) is 18.5. The lowest BCUT2D eigenvalue weighted by molar-refractivity contribution is -0.384.